The zero-order valence-electron chi connectivity index (χ0n) is 9.41. The van der Waals surface area contributed by atoms with E-state index >= 15 is 0 Å². The maximum atomic E-state index is 6.00. The molecule has 2 aliphatic rings. The molecule has 1 atom stereocenters. The van der Waals surface area contributed by atoms with E-state index in [9.17, 15) is 0 Å². The number of piperidine rings is 1. The Morgan fingerprint density at radius 3 is 2.81 bits per heavy atom. The van der Waals surface area contributed by atoms with E-state index in [4.69, 9.17) is 10.5 Å². The van der Waals surface area contributed by atoms with Gasteiger partial charge in [-0.3, -0.25) is 0 Å². The molecule has 2 heterocycles. The zero-order chi connectivity index (χ0) is 11.0. The average molecular weight is 218 g/mol. The number of ether oxygens (including phenoxy) is 1. The van der Waals surface area contributed by atoms with E-state index in [-0.39, 0.29) is 11.5 Å². The molecular weight excluding hydrogens is 200 g/mol. The Kier molecular flexibility index (Phi) is 2.37. The minimum Gasteiger partial charge on any atom is -0.488 e. The van der Waals surface area contributed by atoms with Gasteiger partial charge in [0.15, 0.2) is 0 Å². The summed E-state index contributed by atoms with van der Waals surface area (Å²) in [5.74, 6) is 1.04. The second-order valence-corrected chi connectivity index (χ2v) is 4.74. The van der Waals surface area contributed by atoms with E-state index in [0.717, 1.165) is 31.7 Å². The summed E-state index contributed by atoms with van der Waals surface area (Å²) in [4.78, 5) is 0. The predicted octanol–water partition coefficient (Wildman–Crippen LogP) is 1.03. The second kappa shape index (κ2) is 3.75. The molecule has 1 saturated heterocycles. The first-order valence-electron chi connectivity index (χ1n) is 6.04. The molecule has 3 heteroatoms. The molecule has 16 heavy (non-hydrogen) atoms. The third kappa shape index (κ3) is 1.28. The van der Waals surface area contributed by atoms with Crippen molar-refractivity contribution in [3.05, 3.63) is 29.8 Å². The highest BCUT2D eigenvalue weighted by Crippen LogP contribution is 2.47. The molecule has 0 radical (unpaired) electrons. The molecule has 2 aliphatic heterocycles. The van der Waals surface area contributed by atoms with Crippen LogP contribution in [0.4, 0.5) is 0 Å². The summed E-state index contributed by atoms with van der Waals surface area (Å²) in [6.45, 7) is 2.73. The van der Waals surface area contributed by atoms with Crippen LogP contribution in [0.1, 0.15) is 18.4 Å². The fraction of sp³-hybridized carbons (Fsp3) is 0.538. The molecule has 3 rings (SSSR count). The number of nitrogens with one attached hydrogen (secondary N) is 1. The summed E-state index contributed by atoms with van der Waals surface area (Å²) in [5.41, 5.74) is 7.40. The lowest BCUT2D eigenvalue weighted by Gasteiger charge is -2.37. The molecule has 1 fully saturated rings. The van der Waals surface area contributed by atoms with Crippen LogP contribution in [0.5, 0.6) is 5.75 Å². The Morgan fingerprint density at radius 2 is 2.06 bits per heavy atom. The van der Waals surface area contributed by atoms with Gasteiger partial charge in [-0.2, -0.15) is 0 Å². The number of rotatable bonds is 1. The Balaban J connectivity index is 2.06. The average Bonchev–Trinajstić information content (AvgIpc) is 2.65. The molecular formula is C13H18N2O. The molecule has 1 aromatic carbocycles. The van der Waals surface area contributed by atoms with Crippen molar-refractivity contribution in [3.8, 4) is 5.75 Å². The van der Waals surface area contributed by atoms with Gasteiger partial charge in [-0.25, -0.2) is 0 Å². The maximum Gasteiger partial charge on any atom is 0.123 e. The minimum atomic E-state index is 0.159. The highest BCUT2D eigenvalue weighted by molar-refractivity contribution is 5.45. The van der Waals surface area contributed by atoms with E-state index in [1.165, 1.54) is 5.56 Å². The Bertz CT molecular complexity index is 385. The van der Waals surface area contributed by atoms with Crippen LogP contribution in [0.3, 0.4) is 0 Å². The SMILES string of the molecule is NCC1Oc2ccccc2C12CCNCC2. The fourth-order valence-electron chi connectivity index (χ4n) is 3.16. The van der Waals surface area contributed by atoms with Crippen molar-refractivity contribution < 1.29 is 4.74 Å². The third-order valence-electron chi connectivity index (χ3n) is 4.02. The number of para-hydroxylation sites is 1. The van der Waals surface area contributed by atoms with Gasteiger partial charge in [0.25, 0.3) is 0 Å². The Labute approximate surface area is 96.0 Å². The van der Waals surface area contributed by atoms with Crippen molar-refractivity contribution in [2.45, 2.75) is 24.4 Å². The van der Waals surface area contributed by atoms with Gasteiger partial charge < -0.3 is 15.8 Å². The molecule has 0 aliphatic carbocycles. The highest BCUT2D eigenvalue weighted by atomic mass is 16.5. The molecule has 3 N–H and O–H groups in total. The smallest absolute Gasteiger partial charge is 0.123 e. The molecule has 0 bridgehead atoms. The summed E-state index contributed by atoms with van der Waals surface area (Å²) in [6.07, 6.45) is 2.42. The lowest BCUT2D eigenvalue weighted by molar-refractivity contribution is 0.125. The van der Waals surface area contributed by atoms with E-state index in [1.807, 2.05) is 6.07 Å². The van der Waals surface area contributed by atoms with Crippen LogP contribution in [0.2, 0.25) is 0 Å². The second-order valence-electron chi connectivity index (χ2n) is 4.74. The molecule has 1 unspecified atom stereocenters. The zero-order valence-corrected chi connectivity index (χ0v) is 9.41. The number of hydrogen-bond donors (Lipinski definition) is 2. The van der Waals surface area contributed by atoms with Gasteiger partial charge >= 0.3 is 0 Å². The molecule has 0 saturated carbocycles. The standard InChI is InChI=1S/C13H18N2O/c14-9-12-13(5-7-15-8-6-13)10-3-1-2-4-11(10)16-12/h1-4,12,15H,5-9,14H2. The topological polar surface area (TPSA) is 47.3 Å². The molecule has 0 aromatic heterocycles. The van der Waals surface area contributed by atoms with Gasteiger partial charge in [0.2, 0.25) is 0 Å². The summed E-state index contributed by atoms with van der Waals surface area (Å²) in [7, 11) is 0. The molecule has 1 aromatic rings. The molecule has 3 nitrogen and oxygen atoms in total. The first kappa shape index (κ1) is 10.1. The van der Waals surface area contributed by atoms with Crippen molar-refractivity contribution in [3.63, 3.8) is 0 Å². The summed E-state index contributed by atoms with van der Waals surface area (Å²) >= 11 is 0. The number of hydrogen-bond acceptors (Lipinski definition) is 3. The van der Waals surface area contributed by atoms with E-state index in [1.54, 1.807) is 0 Å². The van der Waals surface area contributed by atoms with E-state index in [0.29, 0.717) is 6.54 Å². The van der Waals surface area contributed by atoms with Crippen LogP contribution < -0.4 is 15.8 Å². The van der Waals surface area contributed by atoms with Crippen molar-refractivity contribution in [1.29, 1.82) is 0 Å². The largest absolute Gasteiger partial charge is 0.488 e. The normalized spacial score (nSPS) is 26.4. The van der Waals surface area contributed by atoms with Gasteiger partial charge in [-0.05, 0) is 32.0 Å². The van der Waals surface area contributed by atoms with Crippen molar-refractivity contribution in [1.82, 2.24) is 5.32 Å². The minimum absolute atomic E-state index is 0.159. The Hall–Kier alpha value is -1.06. The number of fused-ring (bicyclic) bond motifs is 2. The van der Waals surface area contributed by atoms with E-state index < -0.39 is 0 Å². The first-order valence-corrected chi connectivity index (χ1v) is 6.04. The maximum absolute atomic E-state index is 6.00. The quantitative estimate of drug-likeness (QED) is 0.740. The van der Waals surface area contributed by atoms with Gasteiger partial charge in [0.1, 0.15) is 11.9 Å². The van der Waals surface area contributed by atoms with Crippen LogP contribution in [0, 0.1) is 0 Å². The summed E-state index contributed by atoms with van der Waals surface area (Å²) in [5, 5.41) is 3.41. The van der Waals surface area contributed by atoms with Gasteiger partial charge in [0, 0.05) is 17.5 Å². The summed E-state index contributed by atoms with van der Waals surface area (Å²) < 4.78 is 6.00. The highest BCUT2D eigenvalue weighted by Gasteiger charge is 2.48. The van der Waals surface area contributed by atoms with Crippen molar-refractivity contribution in [2.75, 3.05) is 19.6 Å². The molecule has 0 amide bonds. The fourth-order valence-corrected chi connectivity index (χ4v) is 3.16. The third-order valence-corrected chi connectivity index (χ3v) is 4.02. The monoisotopic (exact) mass is 218 g/mol. The van der Waals surface area contributed by atoms with E-state index in [2.05, 4.69) is 23.5 Å². The lowest BCUT2D eigenvalue weighted by atomic mass is 9.70. The number of nitrogens with two attached hydrogens (primary N) is 1. The van der Waals surface area contributed by atoms with Crippen molar-refractivity contribution in [2.24, 2.45) is 5.73 Å². The van der Waals surface area contributed by atoms with Gasteiger partial charge in [-0.15, -0.1) is 0 Å². The van der Waals surface area contributed by atoms with Crippen LogP contribution in [0.25, 0.3) is 0 Å². The molecule has 1 spiro atoms. The molecule has 86 valence electrons. The Morgan fingerprint density at radius 1 is 1.31 bits per heavy atom. The van der Waals surface area contributed by atoms with Crippen LogP contribution in [-0.2, 0) is 5.41 Å². The van der Waals surface area contributed by atoms with Gasteiger partial charge in [-0.1, -0.05) is 18.2 Å². The van der Waals surface area contributed by atoms with Crippen LogP contribution >= 0.6 is 0 Å². The summed E-state index contributed by atoms with van der Waals surface area (Å²) in [6, 6.07) is 8.41. The predicted molar refractivity (Wildman–Crippen MR) is 63.7 cm³/mol. The van der Waals surface area contributed by atoms with Crippen LogP contribution in [0.15, 0.2) is 24.3 Å². The number of benzene rings is 1. The lowest BCUT2D eigenvalue weighted by Crippen LogP contribution is -2.49. The first-order chi connectivity index (χ1) is 7.87. The van der Waals surface area contributed by atoms with Gasteiger partial charge in [0.05, 0.1) is 0 Å². The van der Waals surface area contributed by atoms with Crippen molar-refractivity contribution >= 4 is 0 Å². The van der Waals surface area contributed by atoms with Crippen LogP contribution in [-0.4, -0.2) is 25.7 Å².